The average molecular weight is 295 g/mol. The highest BCUT2D eigenvalue weighted by Gasteiger charge is 2.31. The van der Waals surface area contributed by atoms with E-state index >= 15 is 0 Å². The number of carbonyl (C=O) groups excluding carboxylic acids is 1. The molecule has 0 atom stereocenters. The summed E-state index contributed by atoms with van der Waals surface area (Å²) < 4.78 is 13.3. The topological polar surface area (TPSA) is 66.4 Å². The Morgan fingerprint density at radius 2 is 1.86 bits per heavy atom. The number of benzene rings is 1. The second kappa shape index (κ2) is 6.24. The van der Waals surface area contributed by atoms with E-state index in [2.05, 4.69) is 5.32 Å². The van der Waals surface area contributed by atoms with Crippen LogP contribution < -0.4 is 5.32 Å². The van der Waals surface area contributed by atoms with Crippen molar-refractivity contribution in [1.82, 2.24) is 5.32 Å². The molecular formula is C16H22FNO3. The van der Waals surface area contributed by atoms with E-state index in [9.17, 15) is 14.0 Å². The van der Waals surface area contributed by atoms with Crippen LogP contribution in [0.15, 0.2) is 24.3 Å². The van der Waals surface area contributed by atoms with Gasteiger partial charge in [0.2, 0.25) is 5.91 Å². The summed E-state index contributed by atoms with van der Waals surface area (Å²) >= 11 is 0. The van der Waals surface area contributed by atoms with Crippen molar-refractivity contribution in [2.75, 3.05) is 6.54 Å². The van der Waals surface area contributed by atoms with Crippen molar-refractivity contribution in [1.29, 1.82) is 0 Å². The van der Waals surface area contributed by atoms with Gasteiger partial charge >= 0.3 is 5.97 Å². The third-order valence-electron chi connectivity index (χ3n) is 3.73. The Morgan fingerprint density at radius 1 is 1.24 bits per heavy atom. The van der Waals surface area contributed by atoms with Crippen LogP contribution in [0.4, 0.5) is 4.39 Å². The number of halogens is 1. The van der Waals surface area contributed by atoms with Crippen LogP contribution in [0.5, 0.6) is 0 Å². The van der Waals surface area contributed by atoms with Crippen LogP contribution >= 0.6 is 0 Å². The van der Waals surface area contributed by atoms with E-state index in [1.807, 2.05) is 0 Å². The summed E-state index contributed by atoms with van der Waals surface area (Å²) in [5.74, 6) is -1.55. The molecule has 0 heterocycles. The maximum Gasteiger partial charge on any atom is 0.309 e. The molecule has 21 heavy (non-hydrogen) atoms. The van der Waals surface area contributed by atoms with Crippen LogP contribution in [0.3, 0.4) is 0 Å². The van der Waals surface area contributed by atoms with Crippen LogP contribution in [-0.4, -0.2) is 23.5 Å². The van der Waals surface area contributed by atoms with Crippen molar-refractivity contribution in [2.24, 2.45) is 5.41 Å². The first kappa shape index (κ1) is 17.1. The zero-order chi connectivity index (χ0) is 16.3. The van der Waals surface area contributed by atoms with Gasteiger partial charge < -0.3 is 10.4 Å². The molecule has 0 aromatic heterocycles. The van der Waals surface area contributed by atoms with Crippen molar-refractivity contribution in [2.45, 2.75) is 39.5 Å². The van der Waals surface area contributed by atoms with Gasteiger partial charge in [0.25, 0.3) is 0 Å². The van der Waals surface area contributed by atoms with Gasteiger partial charge in [0, 0.05) is 6.54 Å². The van der Waals surface area contributed by atoms with Gasteiger partial charge in [0.15, 0.2) is 0 Å². The van der Waals surface area contributed by atoms with Crippen LogP contribution in [-0.2, 0) is 15.0 Å². The fraction of sp³-hybridized carbons (Fsp3) is 0.500. The van der Waals surface area contributed by atoms with E-state index in [1.165, 1.54) is 12.1 Å². The van der Waals surface area contributed by atoms with Crippen LogP contribution in [0.25, 0.3) is 0 Å². The lowest BCUT2D eigenvalue weighted by Crippen LogP contribution is -2.42. The molecule has 0 saturated carbocycles. The van der Waals surface area contributed by atoms with Crippen molar-refractivity contribution < 1.29 is 19.1 Å². The Morgan fingerprint density at radius 3 is 2.38 bits per heavy atom. The predicted molar refractivity (Wildman–Crippen MR) is 78.5 cm³/mol. The minimum absolute atomic E-state index is 0.255. The van der Waals surface area contributed by atoms with E-state index in [0.717, 1.165) is 0 Å². The standard InChI is InChI=1S/C16H22FNO3/c1-15(2,14(20)21)8-9-18-13(19)16(3,4)11-6-5-7-12(17)10-11/h5-7,10H,8-9H2,1-4H3,(H,18,19)(H,20,21). The maximum absolute atomic E-state index is 13.3. The average Bonchev–Trinajstić information content (AvgIpc) is 2.38. The molecule has 0 spiro atoms. The minimum Gasteiger partial charge on any atom is -0.481 e. The lowest BCUT2D eigenvalue weighted by atomic mass is 9.83. The molecule has 1 aromatic rings. The van der Waals surface area contributed by atoms with E-state index in [0.29, 0.717) is 12.0 Å². The summed E-state index contributed by atoms with van der Waals surface area (Å²) in [4.78, 5) is 23.2. The zero-order valence-corrected chi connectivity index (χ0v) is 12.9. The number of hydrogen-bond acceptors (Lipinski definition) is 2. The van der Waals surface area contributed by atoms with Gasteiger partial charge in [-0.1, -0.05) is 12.1 Å². The number of carbonyl (C=O) groups is 2. The van der Waals surface area contributed by atoms with E-state index in [-0.39, 0.29) is 18.3 Å². The summed E-state index contributed by atoms with van der Waals surface area (Å²) in [5.41, 5.74) is -1.19. The predicted octanol–water partition coefficient (Wildman–Crippen LogP) is 2.72. The Kier molecular flexibility index (Phi) is 5.10. The fourth-order valence-electron chi connectivity index (χ4n) is 1.82. The summed E-state index contributed by atoms with van der Waals surface area (Å²) in [6.07, 6.45) is 0.327. The molecule has 0 bridgehead atoms. The van der Waals surface area contributed by atoms with Crippen molar-refractivity contribution in [3.63, 3.8) is 0 Å². The summed E-state index contributed by atoms with van der Waals surface area (Å²) in [6.45, 7) is 6.90. The summed E-state index contributed by atoms with van der Waals surface area (Å²) in [7, 11) is 0. The highest BCUT2D eigenvalue weighted by Crippen LogP contribution is 2.24. The first-order valence-electron chi connectivity index (χ1n) is 6.85. The zero-order valence-electron chi connectivity index (χ0n) is 12.9. The van der Waals surface area contributed by atoms with Crippen molar-refractivity contribution >= 4 is 11.9 Å². The number of nitrogens with one attached hydrogen (secondary N) is 1. The molecule has 1 rings (SSSR count). The molecule has 2 N–H and O–H groups in total. The monoisotopic (exact) mass is 295 g/mol. The first-order chi connectivity index (χ1) is 9.57. The van der Waals surface area contributed by atoms with Gasteiger partial charge in [-0.05, 0) is 51.8 Å². The molecule has 1 aromatic carbocycles. The lowest BCUT2D eigenvalue weighted by molar-refractivity contribution is -0.147. The molecule has 0 aliphatic rings. The van der Waals surface area contributed by atoms with E-state index in [4.69, 9.17) is 5.11 Å². The third kappa shape index (κ3) is 4.28. The SMILES string of the molecule is CC(C)(CCNC(=O)C(C)(C)c1cccc(F)c1)C(=O)O. The number of aliphatic carboxylic acids is 1. The Balaban J connectivity index is 2.69. The smallest absolute Gasteiger partial charge is 0.309 e. The van der Waals surface area contributed by atoms with Gasteiger partial charge in [-0.15, -0.1) is 0 Å². The molecule has 0 saturated heterocycles. The quantitative estimate of drug-likeness (QED) is 0.848. The summed E-state index contributed by atoms with van der Waals surface area (Å²) in [5, 5.41) is 11.7. The second-order valence-electron chi connectivity index (χ2n) is 6.33. The number of carboxylic acids is 1. The van der Waals surface area contributed by atoms with Crippen LogP contribution in [0.2, 0.25) is 0 Å². The van der Waals surface area contributed by atoms with Crippen molar-refractivity contribution in [3.8, 4) is 0 Å². The van der Waals surface area contributed by atoms with Gasteiger partial charge in [-0.25, -0.2) is 4.39 Å². The van der Waals surface area contributed by atoms with Gasteiger partial charge in [0.05, 0.1) is 10.8 Å². The maximum atomic E-state index is 13.3. The second-order valence-corrected chi connectivity index (χ2v) is 6.33. The highest BCUT2D eigenvalue weighted by molar-refractivity contribution is 5.87. The molecular weight excluding hydrogens is 273 g/mol. The molecule has 4 nitrogen and oxygen atoms in total. The van der Waals surface area contributed by atoms with E-state index in [1.54, 1.807) is 39.8 Å². The van der Waals surface area contributed by atoms with Gasteiger partial charge in [-0.2, -0.15) is 0 Å². The molecule has 0 unspecified atom stereocenters. The number of carboxylic acid groups (broad SMARTS) is 1. The Bertz CT molecular complexity index is 538. The Labute approximate surface area is 124 Å². The number of amides is 1. The van der Waals surface area contributed by atoms with Gasteiger partial charge in [-0.3, -0.25) is 9.59 Å². The molecule has 0 aliphatic heterocycles. The number of hydrogen-bond donors (Lipinski definition) is 2. The van der Waals surface area contributed by atoms with E-state index < -0.39 is 16.8 Å². The molecule has 0 aliphatic carbocycles. The minimum atomic E-state index is -0.902. The lowest BCUT2D eigenvalue weighted by Gasteiger charge is -2.25. The third-order valence-corrected chi connectivity index (χ3v) is 3.73. The first-order valence-corrected chi connectivity index (χ1v) is 6.85. The van der Waals surface area contributed by atoms with Crippen LogP contribution in [0.1, 0.15) is 39.7 Å². The summed E-state index contributed by atoms with van der Waals surface area (Å²) in [6, 6.07) is 5.92. The molecule has 0 fully saturated rings. The largest absolute Gasteiger partial charge is 0.481 e. The van der Waals surface area contributed by atoms with Crippen molar-refractivity contribution in [3.05, 3.63) is 35.6 Å². The number of rotatable bonds is 6. The highest BCUT2D eigenvalue weighted by atomic mass is 19.1. The molecule has 116 valence electrons. The fourth-order valence-corrected chi connectivity index (χ4v) is 1.82. The van der Waals surface area contributed by atoms with Crippen LogP contribution in [0, 0.1) is 11.2 Å². The normalized spacial score (nSPS) is 12.0. The molecule has 0 radical (unpaired) electrons. The Hall–Kier alpha value is -1.91. The van der Waals surface area contributed by atoms with Gasteiger partial charge in [0.1, 0.15) is 5.82 Å². The molecule has 5 heteroatoms. The molecule has 1 amide bonds.